The number of rotatable bonds is 4. The second kappa shape index (κ2) is 11.4. The molecule has 0 aliphatic carbocycles. The highest BCUT2D eigenvalue weighted by atomic mass is 16.6. The van der Waals surface area contributed by atoms with Crippen molar-refractivity contribution in [1.29, 1.82) is 0 Å². The van der Waals surface area contributed by atoms with Gasteiger partial charge in [-0.1, -0.05) is 60.7 Å². The third kappa shape index (κ3) is 7.40. The Hall–Kier alpha value is -3.75. The highest BCUT2D eigenvalue weighted by Crippen LogP contribution is 2.15. The molecule has 0 spiro atoms. The Morgan fingerprint density at radius 3 is 1.47 bits per heavy atom. The number of ether oxygens (including phenoxy) is 3. The van der Waals surface area contributed by atoms with E-state index in [1.807, 2.05) is 60.7 Å². The van der Waals surface area contributed by atoms with Gasteiger partial charge in [-0.15, -0.1) is 0 Å². The Balaban J connectivity index is 1.70. The van der Waals surface area contributed by atoms with Crippen LogP contribution in [0, 0.1) is 0 Å². The van der Waals surface area contributed by atoms with E-state index in [4.69, 9.17) is 14.2 Å². The van der Waals surface area contributed by atoms with Gasteiger partial charge in [0.05, 0.1) is 13.1 Å². The van der Waals surface area contributed by atoms with Gasteiger partial charge in [-0.05, 0) is 31.9 Å². The van der Waals surface area contributed by atoms with E-state index in [2.05, 4.69) is 0 Å². The van der Waals surface area contributed by atoms with Crippen LogP contribution in [0.3, 0.4) is 0 Å². The molecule has 2 aromatic rings. The normalized spacial score (nSPS) is 14.3. The molecule has 0 unspecified atom stereocenters. The van der Waals surface area contributed by atoms with Crippen molar-refractivity contribution in [2.24, 2.45) is 0 Å². The molecule has 9 nitrogen and oxygen atoms in total. The van der Waals surface area contributed by atoms with E-state index in [0.29, 0.717) is 0 Å². The molecule has 3 amide bonds. The summed E-state index contributed by atoms with van der Waals surface area (Å²) in [4.78, 5) is 39.9. The molecule has 1 fully saturated rings. The maximum Gasteiger partial charge on any atom is 0.429 e. The number of benzene rings is 2. The molecule has 1 heterocycles. The van der Waals surface area contributed by atoms with Gasteiger partial charge < -0.3 is 19.1 Å². The third-order valence-corrected chi connectivity index (χ3v) is 4.94. The zero-order valence-corrected chi connectivity index (χ0v) is 19.8. The van der Waals surface area contributed by atoms with E-state index in [-0.39, 0.29) is 39.4 Å². The number of nitrogens with zero attached hydrogens (tertiary/aromatic N) is 3. The summed E-state index contributed by atoms with van der Waals surface area (Å²) in [6.07, 6.45) is -1.91. The molecule has 3 rings (SSSR count). The molecular formula is C25H31N3O6. The van der Waals surface area contributed by atoms with E-state index >= 15 is 0 Å². The Morgan fingerprint density at radius 2 is 1.09 bits per heavy atom. The van der Waals surface area contributed by atoms with Gasteiger partial charge in [0, 0.05) is 13.1 Å². The summed E-state index contributed by atoms with van der Waals surface area (Å²) in [6, 6.07) is 18.5. The predicted octanol–water partition coefficient (Wildman–Crippen LogP) is 4.43. The largest absolute Gasteiger partial charge is 0.444 e. The van der Waals surface area contributed by atoms with Crippen LogP contribution in [0.1, 0.15) is 31.9 Å². The molecule has 2 aromatic carbocycles. The summed E-state index contributed by atoms with van der Waals surface area (Å²) in [7, 11) is 0. The summed E-state index contributed by atoms with van der Waals surface area (Å²) < 4.78 is 16.3. The summed E-state index contributed by atoms with van der Waals surface area (Å²) in [5.74, 6) is 0. The first-order chi connectivity index (χ1) is 16.2. The van der Waals surface area contributed by atoms with Crippen molar-refractivity contribution < 1.29 is 28.6 Å². The van der Waals surface area contributed by atoms with E-state index in [0.717, 1.165) is 11.1 Å². The van der Waals surface area contributed by atoms with Crippen LogP contribution in [-0.2, 0) is 27.4 Å². The van der Waals surface area contributed by atoms with Gasteiger partial charge in [0.25, 0.3) is 0 Å². The average Bonchev–Trinajstić information content (AvgIpc) is 3.05. The Morgan fingerprint density at radius 1 is 0.676 bits per heavy atom. The van der Waals surface area contributed by atoms with Gasteiger partial charge in [-0.25, -0.2) is 24.4 Å². The zero-order valence-electron chi connectivity index (χ0n) is 19.8. The van der Waals surface area contributed by atoms with E-state index in [1.54, 1.807) is 20.8 Å². The molecule has 182 valence electrons. The van der Waals surface area contributed by atoms with Crippen molar-refractivity contribution in [2.75, 3.05) is 26.2 Å². The zero-order chi connectivity index (χ0) is 24.6. The molecule has 1 saturated heterocycles. The standard InChI is InChI=1S/C25H31N3O6/c1-25(2,3)34-22(29)26-14-16-27(23(30)32-18-20-10-6-4-7-11-20)28(17-15-26)24(31)33-19-21-12-8-5-9-13-21/h4-13H,14-19H2,1-3H3. The van der Waals surface area contributed by atoms with Crippen LogP contribution in [0.15, 0.2) is 60.7 Å². The predicted molar refractivity (Wildman–Crippen MR) is 124 cm³/mol. The van der Waals surface area contributed by atoms with Gasteiger partial charge >= 0.3 is 18.3 Å². The fourth-order valence-corrected chi connectivity index (χ4v) is 3.26. The molecular weight excluding hydrogens is 438 g/mol. The van der Waals surface area contributed by atoms with Gasteiger partial charge in [0.1, 0.15) is 18.8 Å². The van der Waals surface area contributed by atoms with E-state index in [1.165, 1.54) is 14.9 Å². The fraction of sp³-hybridized carbons (Fsp3) is 0.400. The van der Waals surface area contributed by atoms with Crippen molar-refractivity contribution in [3.63, 3.8) is 0 Å². The molecule has 0 aromatic heterocycles. The minimum absolute atomic E-state index is 0.0489. The molecule has 0 radical (unpaired) electrons. The van der Waals surface area contributed by atoms with Crippen LogP contribution in [0.25, 0.3) is 0 Å². The van der Waals surface area contributed by atoms with Crippen molar-refractivity contribution in [2.45, 2.75) is 39.6 Å². The van der Waals surface area contributed by atoms with Gasteiger partial charge in [-0.3, -0.25) is 0 Å². The molecule has 1 aliphatic rings. The number of carbonyl (C=O) groups excluding carboxylic acids is 3. The number of hydrogen-bond acceptors (Lipinski definition) is 6. The molecule has 34 heavy (non-hydrogen) atoms. The molecule has 9 heteroatoms. The SMILES string of the molecule is CC(C)(C)OC(=O)N1CCN(C(=O)OCc2ccccc2)N(C(=O)OCc2ccccc2)CC1. The second-order valence-electron chi connectivity index (χ2n) is 8.79. The van der Waals surface area contributed by atoms with E-state index < -0.39 is 23.9 Å². The van der Waals surface area contributed by atoms with Crippen LogP contribution < -0.4 is 0 Å². The van der Waals surface area contributed by atoms with Crippen LogP contribution >= 0.6 is 0 Å². The Labute approximate surface area is 199 Å². The summed E-state index contributed by atoms with van der Waals surface area (Å²) in [5.41, 5.74) is 0.977. The van der Waals surface area contributed by atoms with Crippen LogP contribution in [0.2, 0.25) is 0 Å². The van der Waals surface area contributed by atoms with Gasteiger partial charge in [0.2, 0.25) is 0 Å². The van der Waals surface area contributed by atoms with Crippen molar-refractivity contribution in [3.8, 4) is 0 Å². The first-order valence-electron chi connectivity index (χ1n) is 11.2. The lowest BCUT2D eigenvalue weighted by Gasteiger charge is -2.30. The summed E-state index contributed by atoms with van der Waals surface area (Å²) in [5, 5.41) is 2.36. The minimum Gasteiger partial charge on any atom is -0.444 e. The highest BCUT2D eigenvalue weighted by Gasteiger charge is 2.34. The van der Waals surface area contributed by atoms with Crippen molar-refractivity contribution >= 4 is 18.3 Å². The topological polar surface area (TPSA) is 88.6 Å². The lowest BCUT2D eigenvalue weighted by molar-refractivity contribution is -0.0184. The minimum atomic E-state index is -0.702. The number of carbonyl (C=O) groups is 3. The lowest BCUT2D eigenvalue weighted by Crippen LogP contribution is -2.50. The molecule has 1 aliphatic heterocycles. The fourth-order valence-electron chi connectivity index (χ4n) is 3.26. The summed E-state index contributed by atoms with van der Waals surface area (Å²) >= 11 is 0. The maximum atomic E-state index is 12.9. The Kier molecular flexibility index (Phi) is 8.34. The summed E-state index contributed by atoms with van der Waals surface area (Å²) in [6.45, 7) is 5.91. The number of amides is 3. The van der Waals surface area contributed by atoms with E-state index in [9.17, 15) is 14.4 Å². The Bertz CT molecular complexity index is 896. The first kappa shape index (κ1) is 24.9. The maximum absolute atomic E-state index is 12.9. The smallest absolute Gasteiger partial charge is 0.429 e. The van der Waals surface area contributed by atoms with Gasteiger partial charge in [-0.2, -0.15) is 0 Å². The highest BCUT2D eigenvalue weighted by molar-refractivity contribution is 5.75. The van der Waals surface area contributed by atoms with Crippen molar-refractivity contribution in [1.82, 2.24) is 14.9 Å². The van der Waals surface area contributed by atoms with Crippen LogP contribution in [0.4, 0.5) is 14.4 Å². The second-order valence-corrected chi connectivity index (χ2v) is 8.79. The molecule has 0 atom stereocenters. The van der Waals surface area contributed by atoms with Gasteiger partial charge in [0.15, 0.2) is 0 Å². The molecule has 0 N–H and O–H groups in total. The molecule has 0 saturated carbocycles. The quantitative estimate of drug-likeness (QED) is 0.616. The first-order valence-corrected chi connectivity index (χ1v) is 11.2. The average molecular weight is 470 g/mol. The third-order valence-electron chi connectivity index (χ3n) is 4.94. The number of hydrogen-bond donors (Lipinski definition) is 0. The number of hydrazine groups is 1. The van der Waals surface area contributed by atoms with Crippen molar-refractivity contribution in [3.05, 3.63) is 71.8 Å². The van der Waals surface area contributed by atoms with Crippen LogP contribution in [-0.4, -0.2) is 65.0 Å². The van der Waals surface area contributed by atoms with Crippen LogP contribution in [0.5, 0.6) is 0 Å². The molecule has 0 bridgehead atoms. The lowest BCUT2D eigenvalue weighted by atomic mass is 10.2. The monoisotopic (exact) mass is 469 g/mol.